The molecular formula is C28H39ClN4O4. The van der Waals surface area contributed by atoms with Gasteiger partial charge in [-0.1, -0.05) is 19.1 Å². The first-order chi connectivity index (χ1) is 17.5. The Balaban J connectivity index is 0.00000380. The van der Waals surface area contributed by atoms with Gasteiger partial charge in [0.2, 0.25) is 6.79 Å². The Bertz CT molecular complexity index is 1060. The number of benzene rings is 2. The van der Waals surface area contributed by atoms with Crippen molar-refractivity contribution in [1.82, 2.24) is 15.1 Å². The molecule has 202 valence electrons. The Kier molecular flexibility index (Phi) is 10.5. The molecule has 1 saturated heterocycles. The van der Waals surface area contributed by atoms with Gasteiger partial charge >= 0.3 is 6.03 Å². The molecule has 2 aromatic rings. The Morgan fingerprint density at radius 1 is 1.11 bits per heavy atom. The smallest absolute Gasteiger partial charge is 0.317 e. The molecule has 2 aliphatic heterocycles. The lowest BCUT2D eigenvalue weighted by atomic mass is 9.95. The van der Waals surface area contributed by atoms with E-state index in [2.05, 4.69) is 41.5 Å². The number of amides is 3. The predicted octanol–water partition coefficient (Wildman–Crippen LogP) is 4.78. The lowest BCUT2D eigenvalue weighted by Gasteiger charge is -2.37. The van der Waals surface area contributed by atoms with Crippen LogP contribution in [0.4, 0.5) is 10.5 Å². The molecular weight excluding hydrogens is 492 g/mol. The maximum absolute atomic E-state index is 12.8. The Morgan fingerprint density at radius 3 is 2.59 bits per heavy atom. The number of nitrogens with zero attached hydrogens (tertiary/aromatic N) is 2. The predicted molar refractivity (Wildman–Crippen MR) is 148 cm³/mol. The highest BCUT2D eigenvalue weighted by molar-refractivity contribution is 6.04. The molecule has 1 unspecified atom stereocenters. The molecule has 8 nitrogen and oxygen atoms in total. The summed E-state index contributed by atoms with van der Waals surface area (Å²) in [5.41, 5.74) is 2.52. The quantitative estimate of drug-likeness (QED) is 0.487. The number of hydrogen-bond donors (Lipinski definition) is 2. The molecule has 0 radical (unpaired) electrons. The van der Waals surface area contributed by atoms with Crippen LogP contribution in [0, 0.1) is 5.92 Å². The highest BCUT2D eigenvalue weighted by Crippen LogP contribution is 2.32. The Morgan fingerprint density at radius 2 is 1.86 bits per heavy atom. The average Bonchev–Trinajstić information content (AvgIpc) is 3.36. The number of carbonyl (C=O) groups is 2. The van der Waals surface area contributed by atoms with Crippen LogP contribution in [0.3, 0.4) is 0 Å². The minimum absolute atomic E-state index is 0. The van der Waals surface area contributed by atoms with Crippen molar-refractivity contribution >= 4 is 30.0 Å². The largest absolute Gasteiger partial charge is 0.454 e. The van der Waals surface area contributed by atoms with Gasteiger partial charge in [0.15, 0.2) is 11.5 Å². The number of urea groups is 1. The van der Waals surface area contributed by atoms with Gasteiger partial charge in [-0.05, 0) is 81.0 Å². The number of fused-ring (bicyclic) bond motifs is 1. The number of nitrogens with one attached hydrogen (secondary N) is 2. The summed E-state index contributed by atoms with van der Waals surface area (Å²) in [5.74, 6) is 1.69. The van der Waals surface area contributed by atoms with Crippen LogP contribution >= 0.6 is 12.4 Å². The Hall–Kier alpha value is -2.97. The van der Waals surface area contributed by atoms with Gasteiger partial charge in [0.05, 0.1) is 0 Å². The molecule has 37 heavy (non-hydrogen) atoms. The topological polar surface area (TPSA) is 83.1 Å². The summed E-state index contributed by atoms with van der Waals surface area (Å²) in [6.45, 7) is 8.44. The first-order valence-corrected chi connectivity index (χ1v) is 13.0. The number of likely N-dealkylation sites (tertiary alicyclic amines) is 1. The van der Waals surface area contributed by atoms with Crippen LogP contribution < -0.4 is 20.1 Å². The lowest BCUT2D eigenvalue weighted by molar-refractivity contribution is 0.102. The normalized spacial score (nSPS) is 15.7. The van der Waals surface area contributed by atoms with E-state index in [9.17, 15) is 9.59 Å². The number of ether oxygens (including phenoxy) is 2. The minimum atomic E-state index is -0.172. The highest BCUT2D eigenvalue weighted by atomic mass is 35.5. The van der Waals surface area contributed by atoms with Crippen LogP contribution in [-0.2, 0) is 6.42 Å². The molecule has 2 aromatic carbocycles. The molecule has 4 rings (SSSR count). The fourth-order valence-electron chi connectivity index (χ4n) is 5.07. The molecule has 3 amide bonds. The summed E-state index contributed by atoms with van der Waals surface area (Å²) in [7, 11) is 1.69. The van der Waals surface area contributed by atoms with Crippen LogP contribution in [0.15, 0.2) is 42.5 Å². The molecule has 2 N–H and O–H groups in total. The standard InChI is InChI=1S/C28H38N4O4.ClH/c1-4-12-32(18-21-10-13-31(14-11-21)28(34)29-3)20(2)15-22-6-5-7-24(16-22)30-27(33)23-8-9-25-26(17-23)36-19-35-25;/h5-9,16-17,20-21H,4,10-15,18-19H2,1-3H3,(H,29,34)(H,30,33);1H. The van der Waals surface area contributed by atoms with E-state index < -0.39 is 0 Å². The minimum Gasteiger partial charge on any atom is -0.454 e. The van der Waals surface area contributed by atoms with Crippen molar-refractivity contribution in [3.05, 3.63) is 53.6 Å². The number of halogens is 1. The van der Waals surface area contributed by atoms with Crippen LogP contribution in [0.1, 0.15) is 49.0 Å². The zero-order valence-electron chi connectivity index (χ0n) is 22.0. The van der Waals surface area contributed by atoms with E-state index in [0.717, 1.165) is 57.5 Å². The second kappa shape index (κ2) is 13.5. The van der Waals surface area contributed by atoms with E-state index in [1.54, 1.807) is 25.2 Å². The highest BCUT2D eigenvalue weighted by Gasteiger charge is 2.25. The number of carbonyl (C=O) groups excluding carboxylic acids is 2. The Labute approximate surface area is 226 Å². The zero-order chi connectivity index (χ0) is 25.5. The van der Waals surface area contributed by atoms with Gasteiger partial charge < -0.3 is 29.9 Å². The van der Waals surface area contributed by atoms with E-state index in [1.165, 1.54) is 5.56 Å². The average molecular weight is 531 g/mol. The second-order valence-corrected chi connectivity index (χ2v) is 9.76. The van der Waals surface area contributed by atoms with Crippen molar-refractivity contribution in [1.29, 1.82) is 0 Å². The summed E-state index contributed by atoms with van der Waals surface area (Å²) in [6.07, 6.45) is 4.10. The van der Waals surface area contributed by atoms with Crippen LogP contribution in [0.25, 0.3) is 0 Å². The molecule has 0 spiro atoms. The number of rotatable bonds is 9. The van der Waals surface area contributed by atoms with Crippen molar-refractivity contribution in [3.8, 4) is 11.5 Å². The number of piperidine rings is 1. The van der Waals surface area contributed by atoms with E-state index in [-0.39, 0.29) is 31.1 Å². The van der Waals surface area contributed by atoms with E-state index in [4.69, 9.17) is 9.47 Å². The van der Waals surface area contributed by atoms with Crippen LogP contribution in [0.2, 0.25) is 0 Å². The molecule has 0 aromatic heterocycles. The summed E-state index contributed by atoms with van der Waals surface area (Å²) in [6, 6.07) is 13.7. The third kappa shape index (κ3) is 7.52. The lowest BCUT2D eigenvalue weighted by Crippen LogP contribution is -2.46. The van der Waals surface area contributed by atoms with Gasteiger partial charge in [0.1, 0.15) is 0 Å². The van der Waals surface area contributed by atoms with Gasteiger partial charge in [-0.2, -0.15) is 0 Å². The molecule has 2 heterocycles. The molecule has 9 heteroatoms. The van der Waals surface area contributed by atoms with Crippen molar-refractivity contribution in [2.45, 2.75) is 45.6 Å². The third-order valence-electron chi connectivity index (χ3n) is 7.09. The monoisotopic (exact) mass is 530 g/mol. The zero-order valence-corrected chi connectivity index (χ0v) is 22.8. The molecule has 1 atom stereocenters. The van der Waals surface area contributed by atoms with Gasteiger partial charge in [-0.15, -0.1) is 12.4 Å². The van der Waals surface area contributed by atoms with E-state index in [1.807, 2.05) is 17.0 Å². The van der Waals surface area contributed by atoms with Crippen LogP contribution in [-0.4, -0.2) is 67.8 Å². The fraction of sp³-hybridized carbons (Fsp3) is 0.500. The summed E-state index contributed by atoms with van der Waals surface area (Å²) in [4.78, 5) is 29.2. The maximum atomic E-state index is 12.8. The third-order valence-corrected chi connectivity index (χ3v) is 7.09. The van der Waals surface area contributed by atoms with Crippen molar-refractivity contribution in [2.75, 3.05) is 45.3 Å². The van der Waals surface area contributed by atoms with Gasteiger partial charge in [0.25, 0.3) is 5.91 Å². The van der Waals surface area contributed by atoms with Crippen molar-refractivity contribution in [3.63, 3.8) is 0 Å². The summed E-state index contributed by atoms with van der Waals surface area (Å²) < 4.78 is 10.7. The SMILES string of the molecule is CCCN(CC1CCN(C(=O)NC)CC1)C(C)Cc1cccc(NC(=O)c2ccc3c(c2)OCO3)c1.Cl. The van der Waals surface area contributed by atoms with Gasteiger partial charge in [-0.3, -0.25) is 4.79 Å². The van der Waals surface area contributed by atoms with Crippen molar-refractivity contribution in [2.24, 2.45) is 5.92 Å². The van der Waals surface area contributed by atoms with Crippen molar-refractivity contribution < 1.29 is 19.1 Å². The first kappa shape index (κ1) is 28.6. The molecule has 1 fully saturated rings. The molecule has 0 aliphatic carbocycles. The van der Waals surface area contributed by atoms with Gasteiger partial charge in [-0.25, -0.2) is 4.79 Å². The van der Waals surface area contributed by atoms with Crippen LogP contribution in [0.5, 0.6) is 11.5 Å². The number of anilines is 1. The summed E-state index contributed by atoms with van der Waals surface area (Å²) in [5, 5.41) is 5.75. The fourth-order valence-corrected chi connectivity index (χ4v) is 5.07. The summed E-state index contributed by atoms with van der Waals surface area (Å²) >= 11 is 0. The van der Waals surface area contributed by atoms with Gasteiger partial charge in [0, 0.05) is 44.0 Å². The van der Waals surface area contributed by atoms with E-state index >= 15 is 0 Å². The van der Waals surface area contributed by atoms with E-state index in [0.29, 0.717) is 29.0 Å². The second-order valence-electron chi connectivity index (χ2n) is 9.76. The molecule has 0 bridgehead atoms. The first-order valence-electron chi connectivity index (χ1n) is 13.0. The maximum Gasteiger partial charge on any atom is 0.317 e. The molecule has 0 saturated carbocycles. The molecule has 2 aliphatic rings. The number of hydrogen-bond acceptors (Lipinski definition) is 5.